The van der Waals surface area contributed by atoms with Gasteiger partial charge in [0.05, 0.1) is 42.3 Å². The van der Waals surface area contributed by atoms with Crippen LogP contribution in [0.1, 0.15) is 64.8 Å². The molecule has 4 aromatic rings. The molecular formula is C39H44F2N4O5. The Morgan fingerprint density at radius 1 is 1.18 bits per heavy atom. The van der Waals surface area contributed by atoms with Crippen molar-refractivity contribution < 1.29 is 32.5 Å². The lowest BCUT2D eigenvalue weighted by Gasteiger charge is -2.43. The molecule has 2 aliphatic heterocycles. The van der Waals surface area contributed by atoms with Crippen molar-refractivity contribution in [3.8, 4) is 28.1 Å². The average Bonchev–Trinajstić information content (AvgIpc) is 3.49. The molecule has 1 fully saturated rings. The fraction of sp³-hybridized carbons (Fsp3) is 0.410. The lowest BCUT2D eigenvalue weighted by molar-refractivity contribution is -0.164. The third-order valence-electron chi connectivity index (χ3n) is 9.19. The molecule has 11 heteroatoms. The maximum atomic E-state index is 14.7. The molecule has 0 aliphatic carbocycles. The topological polar surface area (TPSA) is 87.4 Å². The average molecular weight is 687 g/mol. The molecule has 0 radical (unpaired) electrons. The lowest BCUT2D eigenvalue weighted by Crippen LogP contribution is -2.48. The van der Waals surface area contributed by atoms with Gasteiger partial charge in [0.2, 0.25) is 0 Å². The van der Waals surface area contributed by atoms with Crippen molar-refractivity contribution in [2.24, 2.45) is 0 Å². The van der Waals surface area contributed by atoms with E-state index in [0.717, 1.165) is 17.2 Å². The summed E-state index contributed by atoms with van der Waals surface area (Å²) >= 11 is 0. The number of esters is 1. The summed E-state index contributed by atoms with van der Waals surface area (Å²) in [5.41, 5.74) is 3.75. The number of hydrogen-bond acceptors (Lipinski definition) is 8. The van der Waals surface area contributed by atoms with Crippen molar-refractivity contribution in [2.75, 3.05) is 31.7 Å². The summed E-state index contributed by atoms with van der Waals surface area (Å²) in [4.78, 5) is 20.6. The molecule has 1 saturated heterocycles. The second-order valence-corrected chi connectivity index (χ2v) is 14.1. The van der Waals surface area contributed by atoms with Crippen LogP contribution in [0.15, 0.2) is 66.8 Å². The van der Waals surface area contributed by atoms with Gasteiger partial charge < -0.3 is 23.8 Å². The Balaban J connectivity index is 1.64. The minimum Gasteiger partial charge on any atom is -0.490 e. The van der Waals surface area contributed by atoms with Crippen LogP contribution in [0.3, 0.4) is 0 Å². The molecule has 3 atom stereocenters. The van der Waals surface area contributed by atoms with Gasteiger partial charge in [-0.3, -0.25) is 0 Å². The Kier molecular flexibility index (Phi) is 9.58. The first kappa shape index (κ1) is 35.2. The van der Waals surface area contributed by atoms with E-state index in [1.165, 1.54) is 13.2 Å². The monoisotopic (exact) mass is 686 g/mol. The molecule has 2 aromatic heterocycles. The number of halogens is 2. The van der Waals surface area contributed by atoms with Gasteiger partial charge in [-0.05, 0) is 71.2 Å². The van der Waals surface area contributed by atoms with Gasteiger partial charge in [-0.2, -0.15) is 9.61 Å². The number of methoxy groups -OCH3 is 1. The summed E-state index contributed by atoms with van der Waals surface area (Å²) < 4.78 is 55.5. The summed E-state index contributed by atoms with van der Waals surface area (Å²) in [6, 6.07) is 11.6. The third kappa shape index (κ3) is 6.89. The van der Waals surface area contributed by atoms with E-state index in [2.05, 4.69) is 24.5 Å². The fourth-order valence-electron chi connectivity index (χ4n) is 6.65. The summed E-state index contributed by atoms with van der Waals surface area (Å²) in [5.74, 6) is -1.61. The van der Waals surface area contributed by atoms with E-state index in [-0.39, 0.29) is 5.75 Å². The summed E-state index contributed by atoms with van der Waals surface area (Å²) in [6.45, 7) is 16.7. The highest BCUT2D eigenvalue weighted by Gasteiger charge is 2.40. The zero-order chi connectivity index (χ0) is 36.0. The first-order valence-electron chi connectivity index (χ1n) is 16.8. The van der Waals surface area contributed by atoms with Crippen LogP contribution in [0.4, 0.5) is 14.6 Å². The van der Waals surface area contributed by atoms with Crippen LogP contribution in [0.2, 0.25) is 0 Å². The molecule has 0 amide bonds. The Morgan fingerprint density at radius 2 is 1.92 bits per heavy atom. The Bertz CT molecular complexity index is 1980. The quantitative estimate of drug-likeness (QED) is 0.149. The normalized spacial score (nSPS) is 19.8. The third-order valence-corrected chi connectivity index (χ3v) is 9.19. The van der Waals surface area contributed by atoms with Gasteiger partial charge in [0, 0.05) is 48.5 Å². The van der Waals surface area contributed by atoms with Gasteiger partial charge in [-0.25, -0.2) is 18.6 Å². The Morgan fingerprint density at radius 3 is 2.64 bits per heavy atom. The number of benzene rings is 2. The second-order valence-electron chi connectivity index (χ2n) is 14.1. The highest BCUT2D eigenvalue weighted by molar-refractivity contribution is 5.81. The number of aryl methyl sites for hydroxylation is 1. The van der Waals surface area contributed by atoms with Crippen LogP contribution in [-0.2, 0) is 19.0 Å². The van der Waals surface area contributed by atoms with Crippen LogP contribution in [0.5, 0.6) is 5.75 Å². The van der Waals surface area contributed by atoms with Crippen molar-refractivity contribution in [1.82, 2.24) is 14.6 Å². The smallest absolute Gasteiger partial charge is 0.339 e. The molecule has 3 unspecified atom stereocenters. The van der Waals surface area contributed by atoms with Crippen molar-refractivity contribution >= 4 is 17.4 Å². The molecular weight excluding hydrogens is 642 g/mol. The Labute approximate surface area is 291 Å². The molecule has 0 N–H and O–H groups in total. The van der Waals surface area contributed by atoms with E-state index < -0.39 is 41.0 Å². The first-order chi connectivity index (χ1) is 23.7. The second kappa shape index (κ2) is 13.6. The zero-order valence-corrected chi connectivity index (χ0v) is 29.7. The molecule has 9 nitrogen and oxygen atoms in total. The van der Waals surface area contributed by atoms with Gasteiger partial charge in [-0.1, -0.05) is 30.4 Å². The van der Waals surface area contributed by atoms with Crippen molar-refractivity contribution in [1.29, 1.82) is 0 Å². The van der Waals surface area contributed by atoms with Gasteiger partial charge in [0.25, 0.3) is 0 Å². The Hall–Kier alpha value is -4.61. The number of anilines is 1. The van der Waals surface area contributed by atoms with Crippen molar-refractivity contribution in [2.45, 2.75) is 77.8 Å². The predicted molar refractivity (Wildman–Crippen MR) is 188 cm³/mol. The molecule has 50 heavy (non-hydrogen) atoms. The maximum Gasteiger partial charge on any atom is 0.339 e. The van der Waals surface area contributed by atoms with E-state index in [4.69, 9.17) is 29.0 Å². The van der Waals surface area contributed by atoms with E-state index in [1.807, 2.05) is 65.0 Å². The first-order valence-corrected chi connectivity index (χ1v) is 16.8. The minimum atomic E-state index is -1.09. The van der Waals surface area contributed by atoms with Gasteiger partial charge in [0.15, 0.2) is 23.4 Å². The number of piperidine rings is 1. The van der Waals surface area contributed by atoms with Crippen LogP contribution in [0, 0.1) is 18.6 Å². The van der Waals surface area contributed by atoms with Crippen LogP contribution < -0.4 is 9.64 Å². The molecule has 0 saturated carbocycles. The van der Waals surface area contributed by atoms with E-state index in [1.54, 1.807) is 10.6 Å². The SMILES string of the molecule is C=CCOC1(C)CCN2CC1=CCC(C)Oc1cc(F)c(F)cc1-c1cccc(c1)-c1cc3nc(C)c(C(OC(C)(C)C)C(=O)OC)c2n3n1. The summed E-state index contributed by atoms with van der Waals surface area (Å²) in [5, 5.41) is 5.07. The largest absolute Gasteiger partial charge is 0.490 e. The molecule has 264 valence electrons. The van der Waals surface area contributed by atoms with E-state index in [9.17, 15) is 13.6 Å². The van der Waals surface area contributed by atoms with Crippen molar-refractivity contribution in [3.05, 3.63) is 89.7 Å². The van der Waals surface area contributed by atoms with Gasteiger partial charge >= 0.3 is 5.97 Å². The molecule has 4 heterocycles. The van der Waals surface area contributed by atoms with E-state index >= 15 is 0 Å². The molecule has 2 aromatic carbocycles. The fourth-order valence-corrected chi connectivity index (χ4v) is 6.65. The van der Waals surface area contributed by atoms with E-state index in [0.29, 0.717) is 72.1 Å². The number of fused-ring (bicyclic) bond motifs is 9. The number of aromatic nitrogens is 3. The standard InChI is InChI=1S/C39H44F2N4O5/c1-9-17-48-39(7)15-16-44-22-27(39)14-13-23(2)49-32-20-30(41)29(40)19-28(32)25-11-10-12-26(18-25)31-21-33-42-24(3)34(36(44)45(33)43-31)35(37(46)47-8)50-38(4,5)6/h9-12,14,18-21,23,35H,1,13,15-17,22H2,2-8H3. The van der Waals surface area contributed by atoms with Gasteiger partial charge in [-0.15, -0.1) is 6.58 Å². The van der Waals surface area contributed by atoms with Crippen LogP contribution >= 0.6 is 0 Å². The summed E-state index contributed by atoms with van der Waals surface area (Å²) in [7, 11) is 1.34. The maximum absolute atomic E-state index is 14.7. The van der Waals surface area contributed by atoms with Crippen molar-refractivity contribution in [3.63, 3.8) is 0 Å². The molecule has 6 rings (SSSR count). The van der Waals surface area contributed by atoms with Crippen LogP contribution in [-0.4, -0.2) is 64.7 Å². The lowest BCUT2D eigenvalue weighted by atomic mass is 9.86. The summed E-state index contributed by atoms with van der Waals surface area (Å²) in [6.07, 6.45) is 3.39. The number of rotatable bonds is 6. The van der Waals surface area contributed by atoms with Gasteiger partial charge in [0.1, 0.15) is 11.6 Å². The predicted octanol–water partition coefficient (Wildman–Crippen LogP) is 7.95. The number of carbonyl (C=O) groups is 1. The number of ether oxygens (including phenoxy) is 4. The number of nitrogens with zero attached hydrogens (tertiary/aromatic N) is 4. The highest BCUT2D eigenvalue weighted by atomic mass is 19.2. The highest BCUT2D eigenvalue weighted by Crippen LogP contribution is 2.41. The molecule has 0 spiro atoms. The number of carbonyl (C=O) groups excluding carboxylic acids is 1. The van der Waals surface area contributed by atoms with Crippen LogP contribution in [0.25, 0.3) is 28.0 Å². The molecule has 2 aliphatic rings. The molecule has 6 bridgehead atoms. The number of hydrogen-bond donors (Lipinski definition) is 0. The minimum absolute atomic E-state index is 0.238. The zero-order valence-electron chi connectivity index (χ0n) is 29.7.